The van der Waals surface area contributed by atoms with Gasteiger partial charge >= 0.3 is 0 Å². The zero-order valence-corrected chi connectivity index (χ0v) is 11.5. The summed E-state index contributed by atoms with van der Waals surface area (Å²) in [5.41, 5.74) is 7.48. The first-order chi connectivity index (χ1) is 9.08. The highest BCUT2D eigenvalue weighted by atomic mass is 32.1. The molecule has 0 atom stereocenters. The van der Waals surface area contributed by atoms with Crippen LogP contribution in [0.2, 0.25) is 0 Å². The van der Waals surface area contributed by atoms with E-state index in [9.17, 15) is 9.59 Å². The van der Waals surface area contributed by atoms with E-state index >= 15 is 0 Å². The van der Waals surface area contributed by atoms with Crippen LogP contribution < -0.4 is 10.9 Å². The van der Waals surface area contributed by atoms with Crippen molar-refractivity contribution in [3.63, 3.8) is 0 Å². The Morgan fingerprint density at radius 3 is 2.37 bits per heavy atom. The summed E-state index contributed by atoms with van der Waals surface area (Å²) in [6.45, 7) is 3.92. The van der Waals surface area contributed by atoms with E-state index in [-0.39, 0.29) is 11.8 Å². The summed E-state index contributed by atoms with van der Waals surface area (Å²) in [7, 11) is 0. The van der Waals surface area contributed by atoms with Gasteiger partial charge in [0.15, 0.2) is 0 Å². The maximum absolute atomic E-state index is 11.9. The number of rotatable bonds is 2. The van der Waals surface area contributed by atoms with Crippen molar-refractivity contribution < 1.29 is 9.59 Å². The Hall–Kier alpha value is -2.14. The summed E-state index contributed by atoms with van der Waals surface area (Å²) in [6, 6.07) is 8.88. The lowest BCUT2D eigenvalue weighted by molar-refractivity contribution is 0.0849. The fourth-order valence-electron chi connectivity index (χ4n) is 1.54. The van der Waals surface area contributed by atoms with Gasteiger partial charge in [-0.2, -0.15) is 0 Å². The van der Waals surface area contributed by atoms with E-state index in [0.717, 1.165) is 11.1 Å². The van der Waals surface area contributed by atoms with Crippen molar-refractivity contribution in [2.24, 2.45) is 0 Å². The lowest BCUT2D eigenvalue weighted by atomic mass is 10.1. The van der Waals surface area contributed by atoms with E-state index in [0.29, 0.717) is 10.4 Å². The molecule has 0 fully saturated rings. The zero-order chi connectivity index (χ0) is 13.8. The minimum atomic E-state index is -0.326. The van der Waals surface area contributed by atoms with Gasteiger partial charge in [-0.25, -0.2) is 0 Å². The molecule has 1 aromatic carbocycles. The Kier molecular flexibility index (Phi) is 3.97. The number of carbonyl (C=O) groups is 2. The lowest BCUT2D eigenvalue weighted by Crippen LogP contribution is -2.41. The molecule has 0 aliphatic rings. The van der Waals surface area contributed by atoms with Gasteiger partial charge in [0.05, 0.1) is 4.88 Å². The topological polar surface area (TPSA) is 58.2 Å². The van der Waals surface area contributed by atoms with Crippen molar-refractivity contribution in [2.45, 2.75) is 13.8 Å². The lowest BCUT2D eigenvalue weighted by Gasteiger charge is -2.07. The van der Waals surface area contributed by atoms with Gasteiger partial charge in [0.25, 0.3) is 11.8 Å². The molecule has 0 radical (unpaired) electrons. The normalized spacial score (nSPS) is 10.0. The number of hydrogen-bond donors (Lipinski definition) is 2. The molecule has 2 N–H and O–H groups in total. The minimum Gasteiger partial charge on any atom is -0.267 e. The summed E-state index contributed by atoms with van der Waals surface area (Å²) in [5.74, 6) is -0.639. The molecule has 0 spiro atoms. The van der Waals surface area contributed by atoms with E-state index in [4.69, 9.17) is 0 Å². The van der Waals surface area contributed by atoms with Crippen LogP contribution in [0.25, 0.3) is 0 Å². The average Bonchev–Trinajstić information content (AvgIpc) is 2.92. The third-order valence-corrected chi connectivity index (χ3v) is 3.67. The summed E-state index contributed by atoms with van der Waals surface area (Å²) in [6.07, 6.45) is 0. The first kappa shape index (κ1) is 13.3. The second kappa shape index (κ2) is 5.67. The first-order valence-corrected chi connectivity index (χ1v) is 6.67. The molecule has 4 nitrogen and oxygen atoms in total. The summed E-state index contributed by atoms with van der Waals surface area (Å²) in [5, 5.41) is 1.81. The second-order valence-corrected chi connectivity index (χ2v) is 5.13. The zero-order valence-electron chi connectivity index (χ0n) is 10.7. The van der Waals surface area contributed by atoms with Crippen LogP contribution in [0.4, 0.5) is 0 Å². The Morgan fingerprint density at radius 2 is 1.74 bits per heavy atom. The van der Waals surface area contributed by atoms with E-state index < -0.39 is 0 Å². The van der Waals surface area contributed by atoms with Crippen molar-refractivity contribution in [1.29, 1.82) is 0 Å². The van der Waals surface area contributed by atoms with E-state index in [1.807, 2.05) is 19.9 Å². The molecule has 1 heterocycles. The van der Waals surface area contributed by atoms with Gasteiger partial charge in [-0.3, -0.25) is 20.4 Å². The molecule has 98 valence electrons. The third kappa shape index (κ3) is 3.20. The van der Waals surface area contributed by atoms with E-state index in [2.05, 4.69) is 10.9 Å². The number of aryl methyl sites for hydroxylation is 2. The summed E-state index contributed by atoms with van der Waals surface area (Å²) < 4.78 is 0. The average molecular weight is 274 g/mol. The molecular weight excluding hydrogens is 260 g/mol. The number of carbonyl (C=O) groups excluding carboxylic acids is 2. The Labute approximate surface area is 115 Å². The molecule has 0 saturated carbocycles. The van der Waals surface area contributed by atoms with Crippen molar-refractivity contribution in [3.8, 4) is 0 Å². The predicted octanol–water partition coefficient (Wildman–Crippen LogP) is 2.44. The highest BCUT2D eigenvalue weighted by Crippen LogP contribution is 2.10. The monoisotopic (exact) mass is 274 g/mol. The third-order valence-electron chi connectivity index (χ3n) is 2.80. The van der Waals surface area contributed by atoms with Gasteiger partial charge in [0.1, 0.15) is 0 Å². The molecule has 0 aliphatic heterocycles. The van der Waals surface area contributed by atoms with Crippen LogP contribution in [0.5, 0.6) is 0 Å². The highest BCUT2D eigenvalue weighted by molar-refractivity contribution is 7.12. The number of thiophene rings is 1. The standard InChI is InChI=1S/C14H14N2O2S/c1-9-5-6-11(8-10(9)2)13(17)15-16-14(18)12-4-3-7-19-12/h3-8H,1-2H3,(H,15,17)(H,16,18). The Balaban J connectivity index is 1.98. The SMILES string of the molecule is Cc1ccc(C(=O)NNC(=O)c2cccs2)cc1C. The number of benzene rings is 1. The Bertz CT molecular complexity index is 606. The fourth-order valence-corrected chi connectivity index (χ4v) is 2.16. The summed E-state index contributed by atoms with van der Waals surface area (Å²) in [4.78, 5) is 24.1. The van der Waals surface area contributed by atoms with Crippen molar-refractivity contribution in [1.82, 2.24) is 10.9 Å². The van der Waals surface area contributed by atoms with Gasteiger partial charge in [0.2, 0.25) is 0 Å². The van der Waals surface area contributed by atoms with Crippen LogP contribution in [-0.2, 0) is 0 Å². The predicted molar refractivity (Wildman–Crippen MR) is 75.2 cm³/mol. The Morgan fingerprint density at radius 1 is 1.00 bits per heavy atom. The summed E-state index contributed by atoms with van der Waals surface area (Å²) >= 11 is 1.32. The van der Waals surface area contributed by atoms with Gasteiger partial charge in [-0.15, -0.1) is 11.3 Å². The molecule has 0 unspecified atom stereocenters. The smallest absolute Gasteiger partial charge is 0.267 e. The van der Waals surface area contributed by atoms with E-state index in [1.54, 1.807) is 29.6 Å². The van der Waals surface area contributed by atoms with Crippen molar-refractivity contribution in [2.75, 3.05) is 0 Å². The quantitative estimate of drug-likeness (QED) is 0.826. The molecule has 5 heteroatoms. The van der Waals surface area contributed by atoms with Crippen LogP contribution in [0.3, 0.4) is 0 Å². The minimum absolute atomic E-state index is 0.313. The maximum Gasteiger partial charge on any atom is 0.279 e. The van der Waals surface area contributed by atoms with Gasteiger partial charge in [-0.1, -0.05) is 12.1 Å². The molecule has 0 aliphatic carbocycles. The van der Waals surface area contributed by atoms with E-state index in [1.165, 1.54) is 11.3 Å². The number of hydrogen-bond acceptors (Lipinski definition) is 3. The van der Waals surface area contributed by atoms with Crippen LogP contribution in [0, 0.1) is 13.8 Å². The van der Waals surface area contributed by atoms with Crippen molar-refractivity contribution in [3.05, 3.63) is 57.3 Å². The van der Waals surface area contributed by atoms with Gasteiger partial charge < -0.3 is 0 Å². The van der Waals surface area contributed by atoms with Crippen LogP contribution in [0.15, 0.2) is 35.7 Å². The maximum atomic E-state index is 11.9. The van der Waals surface area contributed by atoms with Gasteiger partial charge in [0, 0.05) is 5.56 Å². The van der Waals surface area contributed by atoms with Crippen LogP contribution >= 0.6 is 11.3 Å². The number of nitrogens with one attached hydrogen (secondary N) is 2. The second-order valence-electron chi connectivity index (χ2n) is 4.18. The number of amides is 2. The van der Waals surface area contributed by atoms with Crippen LogP contribution in [0.1, 0.15) is 31.2 Å². The fraction of sp³-hybridized carbons (Fsp3) is 0.143. The molecule has 2 aromatic rings. The largest absolute Gasteiger partial charge is 0.279 e. The molecule has 19 heavy (non-hydrogen) atoms. The van der Waals surface area contributed by atoms with Gasteiger partial charge in [-0.05, 0) is 48.6 Å². The molecule has 0 saturated heterocycles. The highest BCUT2D eigenvalue weighted by Gasteiger charge is 2.10. The first-order valence-electron chi connectivity index (χ1n) is 5.79. The van der Waals surface area contributed by atoms with Crippen LogP contribution in [-0.4, -0.2) is 11.8 Å². The molecule has 1 aromatic heterocycles. The molecule has 2 rings (SSSR count). The molecular formula is C14H14N2O2S. The number of hydrazine groups is 1. The molecule has 2 amide bonds. The molecule has 0 bridgehead atoms. The van der Waals surface area contributed by atoms with Crippen molar-refractivity contribution >= 4 is 23.2 Å².